The van der Waals surface area contributed by atoms with Crippen molar-refractivity contribution in [1.82, 2.24) is 20.9 Å². The predicted octanol–water partition coefficient (Wildman–Crippen LogP) is 3.79. The summed E-state index contributed by atoms with van der Waals surface area (Å²) in [5.74, 6) is 0.792. The molecule has 0 spiro atoms. The third-order valence-corrected chi connectivity index (χ3v) is 6.79. The lowest BCUT2D eigenvalue weighted by Gasteiger charge is -2.33. The van der Waals surface area contributed by atoms with Gasteiger partial charge in [-0.2, -0.15) is 0 Å². The van der Waals surface area contributed by atoms with Crippen molar-refractivity contribution in [1.29, 1.82) is 0 Å². The van der Waals surface area contributed by atoms with Crippen molar-refractivity contribution in [2.24, 2.45) is 0 Å². The maximum atomic E-state index is 12.6. The Balaban J connectivity index is 1.36. The molecule has 35 heavy (non-hydrogen) atoms. The number of nitrogens with zero attached hydrogens (tertiary/aromatic N) is 1. The van der Waals surface area contributed by atoms with Gasteiger partial charge in [-0.05, 0) is 73.8 Å². The van der Waals surface area contributed by atoms with Crippen LogP contribution in [0.5, 0.6) is 0 Å². The summed E-state index contributed by atoms with van der Waals surface area (Å²) in [4.78, 5) is 26.6. The summed E-state index contributed by atoms with van der Waals surface area (Å²) < 4.78 is 0. The maximum absolute atomic E-state index is 12.6. The Labute approximate surface area is 216 Å². The molecule has 9 heteroatoms. The lowest BCUT2D eigenvalue weighted by molar-refractivity contribution is -0.123. The van der Waals surface area contributed by atoms with E-state index in [9.17, 15) is 9.59 Å². The van der Waals surface area contributed by atoms with Crippen LogP contribution in [0, 0.1) is 0 Å². The van der Waals surface area contributed by atoms with Crippen LogP contribution in [0.1, 0.15) is 35.2 Å². The Hall–Kier alpha value is -2.74. The van der Waals surface area contributed by atoms with Crippen LogP contribution in [-0.2, 0) is 11.2 Å². The Bertz CT molecular complexity index is 1070. The fourth-order valence-electron chi connectivity index (χ4n) is 4.27. The first-order valence-corrected chi connectivity index (χ1v) is 12.8. The van der Waals surface area contributed by atoms with Gasteiger partial charge in [0.15, 0.2) is 0 Å². The Morgan fingerprint density at radius 1 is 1.11 bits per heavy atom. The molecule has 186 valence electrons. The average Bonchev–Trinajstić information content (AvgIpc) is 2.86. The van der Waals surface area contributed by atoms with Gasteiger partial charge < -0.3 is 26.2 Å². The smallest absolute Gasteiger partial charge is 0.251 e. The zero-order valence-electron chi connectivity index (χ0n) is 19.6. The molecule has 7 nitrogen and oxygen atoms in total. The van der Waals surface area contributed by atoms with E-state index in [2.05, 4.69) is 32.2 Å². The zero-order chi connectivity index (χ0) is 24.6. The maximum Gasteiger partial charge on any atom is 0.251 e. The third kappa shape index (κ3) is 7.37. The van der Waals surface area contributed by atoms with E-state index in [1.807, 2.05) is 18.2 Å². The van der Waals surface area contributed by atoms with Crippen LogP contribution in [0.2, 0.25) is 10.0 Å². The second kappa shape index (κ2) is 12.3. The van der Waals surface area contributed by atoms with Crippen LogP contribution < -0.4 is 21.3 Å². The number of anilines is 1. The van der Waals surface area contributed by atoms with Crippen LogP contribution >= 0.6 is 23.2 Å². The molecule has 2 heterocycles. The summed E-state index contributed by atoms with van der Waals surface area (Å²) >= 11 is 12.1. The quantitative estimate of drug-likeness (QED) is 0.429. The van der Waals surface area contributed by atoms with Gasteiger partial charge in [-0.15, -0.1) is 0 Å². The predicted molar refractivity (Wildman–Crippen MR) is 141 cm³/mol. The number of piperazine rings is 1. The molecule has 0 radical (unpaired) electrons. The van der Waals surface area contributed by atoms with Crippen LogP contribution in [0.15, 0.2) is 54.4 Å². The van der Waals surface area contributed by atoms with Gasteiger partial charge in [0.1, 0.15) is 5.82 Å². The number of hydrogen-bond acceptors (Lipinski definition) is 5. The minimum Gasteiger partial charge on any atom is -0.353 e. The number of amides is 2. The molecule has 0 saturated carbocycles. The monoisotopic (exact) mass is 515 g/mol. The van der Waals surface area contributed by atoms with E-state index in [1.54, 1.807) is 24.3 Å². The highest BCUT2D eigenvalue weighted by Gasteiger charge is 2.21. The van der Waals surface area contributed by atoms with Crippen molar-refractivity contribution in [2.75, 3.05) is 38.0 Å². The van der Waals surface area contributed by atoms with Crippen LogP contribution in [0.25, 0.3) is 0 Å². The van der Waals surface area contributed by atoms with Crippen molar-refractivity contribution in [3.8, 4) is 0 Å². The molecule has 2 fully saturated rings. The minimum atomic E-state index is -0.142. The molecule has 4 N–H and O–H groups in total. The number of hydrogen-bond donors (Lipinski definition) is 4. The van der Waals surface area contributed by atoms with Crippen molar-refractivity contribution in [3.05, 3.63) is 75.5 Å². The fourth-order valence-corrected chi connectivity index (χ4v) is 4.77. The highest BCUT2D eigenvalue weighted by molar-refractivity contribution is 6.35. The van der Waals surface area contributed by atoms with Gasteiger partial charge in [0, 0.05) is 47.0 Å². The van der Waals surface area contributed by atoms with E-state index in [4.69, 9.17) is 23.2 Å². The van der Waals surface area contributed by atoms with Crippen molar-refractivity contribution in [3.63, 3.8) is 0 Å². The fraction of sp³-hybridized carbons (Fsp3) is 0.385. The molecule has 1 atom stereocenters. The molecule has 2 aliphatic rings. The second-order valence-electron chi connectivity index (χ2n) is 8.82. The standard InChI is InChI=1S/C26H31Cl2N5O2/c27-20-7-4-18(23(28)15-20)10-12-31-26(35)19-5-8-21(9-6-19)32-24(16-22-3-1-2-11-29-22)33-14-13-30-25(34)17-33/h4-9,15-16,22,29,32H,1-3,10-14,17H2,(H,30,34)(H,31,35)/b24-16-. The second-order valence-corrected chi connectivity index (χ2v) is 9.67. The van der Waals surface area contributed by atoms with E-state index in [0.717, 1.165) is 36.6 Å². The van der Waals surface area contributed by atoms with Gasteiger partial charge in [-0.25, -0.2) is 0 Å². The molecule has 2 aromatic rings. The zero-order valence-corrected chi connectivity index (χ0v) is 21.1. The van der Waals surface area contributed by atoms with E-state index in [0.29, 0.717) is 41.7 Å². The average molecular weight is 516 g/mol. The van der Waals surface area contributed by atoms with Gasteiger partial charge in [0.2, 0.25) is 5.91 Å². The summed E-state index contributed by atoms with van der Waals surface area (Å²) in [7, 11) is 0. The lowest BCUT2D eigenvalue weighted by Crippen LogP contribution is -2.48. The summed E-state index contributed by atoms with van der Waals surface area (Å²) in [5.41, 5.74) is 2.38. The highest BCUT2D eigenvalue weighted by atomic mass is 35.5. The van der Waals surface area contributed by atoms with Crippen molar-refractivity contribution in [2.45, 2.75) is 31.7 Å². The SMILES string of the molecule is O=C1CN(/C(=C\C2CCCCN2)Nc2ccc(C(=O)NCCc3ccc(Cl)cc3Cl)cc2)CCN1. The number of piperidine rings is 1. The summed E-state index contributed by atoms with van der Waals surface area (Å²) in [6.07, 6.45) is 6.26. The first-order chi connectivity index (χ1) is 17.0. The molecule has 1 unspecified atom stereocenters. The molecule has 0 aromatic heterocycles. The topological polar surface area (TPSA) is 85.5 Å². The normalized spacial score (nSPS) is 18.7. The van der Waals surface area contributed by atoms with Gasteiger partial charge >= 0.3 is 0 Å². The molecular weight excluding hydrogens is 485 g/mol. The van der Waals surface area contributed by atoms with Crippen LogP contribution in [0.3, 0.4) is 0 Å². The van der Waals surface area contributed by atoms with Gasteiger partial charge in [0.05, 0.1) is 6.54 Å². The number of nitrogens with one attached hydrogen (secondary N) is 4. The van der Waals surface area contributed by atoms with Gasteiger partial charge in [-0.3, -0.25) is 9.59 Å². The van der Waals surface area contributed by atoms with Crippen molar-refractivity contribution >= 4 is 40.7 Å². The van der Waals surface area contributed by atoms with E-state index < -0.39 is 0 Å². The van der Waals surface area contributed by atoms with Crippen LogP contribution in [0.4, 0.5) is 5.69 Å². The molecule has 4 rings (SSSR count). The largest absolute Gasteiger partial charge is 0.353 e. The van der Waals surface area contributed by atoms with Gasteiger partial charge in [0.25, 0.3) is 5.91 Å². The Morgan fingerprint density at radius 2 is 1.94 bits per heavy atom. The highest BCUT2D eigenvalue weighted by Crippen LogP contribution is 2.21. The Kier molecular flexibility index (Phi) is 8.90. The first kappa shape index (κ1) is 25.4. The molecule has 0 bridgehead atoms. The molecule has 2 aromatic carbocycles. The number of halogens is 2. The minimum absolute atomic E-state index is 0.0208. The van der Waals surface area contributed by atoms with E-state index in [-0.39, 0.29) is 17.9 Å². The molecule has 2 amide bonds. The lowest BCUT2D eigenvalue weighted by atomic mass is 10.0. The van der Waals surface area contributed by atoms with Crippen molar-refractivity contribution < 1.29 is 9.59 Å². The van der Waals surface area contributed by atoms with Gasteiger partial charge in [-0.1, -0.05) is 35.7 Å². The number of benzene rings is 2. The summed E-state index contributed by atoms with van der Waals surface area (Å²) in [6, 6.07) is 13.0. The number of rotatable bonds is 8. The third-order valence-electron chi connectivity index (χ3n) is 6.20. The van der Waals surface area contributed by atoms with E-state index >= 15 is 0 Å². The first-order valence-electron chi connectivity index (χ1n) is 12.0. The Morgan fingerprint density at radius 3 is 2.66 bits per heavy atom. The molecule has 0 aliphatic carbocycles. The molecular formula is C26H31Cl2N5O2. The number of carbonyl (C=O) groups is 2. The molecule has 2 saturated heterocycles. The summed E-state index contributed by atoms with van der Waals surface area (Å²) in [6.45, 7) is 3.16. The number of carbonyl (C=O) groups excluding carboxylic acids is 2. The van der Waals surface area contributed by atoms with Crippen LogP contribution in [-0.4, -0.2) is 55.5 Å². The van der Waals surface area contributed by atoms with E-state index in [1.165, 1.54) is 12.8 Å². The summed E-state index contributed by atoms with van der Waals surface area (Å²) in [5, 5.41) is 14.0. The molecule has 2 aliphatic heterocycles.